The number of rotatable bonds is 7. The van der Waals surface area contributed by atoms with E-state index in [0.717, 1.165) is 6.42 Å². The van der Waals surface area contributed by atoms with Crippen LogP contribution < -0.4 is 10.6 Å². The third-order valence-corrected chi connectivity index (χ3v) is 3.42. The molecule has 2 amide bonds. The Labute approximate surface area is 132 Å². The van der Waals surface area contributed by atoms with Crippen LogP contribution in [0.25, 0.3) is 0 Å². The third-order valence-electron chi connectivity index (χ3n) is 3.42. The number of hydrogen-bond donors (Lipinski definition) is 3. The number of Topliss-reactive ketones (excluding diaryl/α,β-unsaturated/α-hetero) is 1. The third kappa shape index (κ3) is 6.72. The van der Waals surface area contributed by atoms with Gasteiger partial charge in [0.25, 0.3) is 0 Å². The Morgan fingerprint density at radius 3 is 2.59 bits per heavy atom. The second-order valence-electron chi connectivity index (χ2n) is 6.37. The molecular formula is C17H26N2O3. The van der Waals surface area contributed by atoms with Crippen LogP contribution in [-0.4, -0.2) is 29.1 Å². The standard InChI is InChI=1S/C17H26N2O3/c1-12(2)8-9-17(4,22)11-18-16(21)19-15-7-5-6-14(10-15)13(3)20/h5-7,10,12,22H,8-9,11H2,1-4H3,(H2,18,19,21). The van der Waals surface area contributed by atoms with Crippen molar-refractivity contribution in [2.75, 3.05) is 11.9 Å². The van der Waals surface area contributed by atoms with Crippen molar-refractivity contribution in [2.45, 2.75) is 46.1 Å². The quantitative estimate of drug-likeness (QED) is 0.677. The fraction of sp³-hybridized carbons (Fsp3) is 0.529. The van der Waals surface area contributed by atoms with E-state index in [1.807, 2.05) is 0 Å². The van der Waals surface area contributed by atoms with Crippen LogP contribution in [0.15, 0.2) is 24.3 Å². The minimum Gasteiger partial charge on any atom is -0.388 e. The van der Waals surface area contributed by atoms with Crippen molar-refractivity contribution in [1.29, 1.82) is 0 Å². The minimum absolute atomic E-state index is 0.0549. The van der Waals surface area contributed by atoms with Crippen LogP contribution in [0.5, 0.6) is 0 Å². The molecule has 0 saturated carbocycles. The molecule has 5 heteroatoms. The van der Waals surface area contributed by atoms with E-state index >= 15 is 0 Å². The number of benzene rings is 1. The molecule has 1 aromatic rings. The second-order valence-corrected chi connectivity index (χ2v) is 6.37. The number of carbonyl (C=O) groups excluding carboxylic acids is 2. The molecule has 1 unspecified atom stereocenters. The predicted octanol–water partition coefficient (Wildman–Crippen LogP) is 3.20. The van der Waals surface area contributed by atoms with Crippen molar-refractivity contribution in [2.24, 2.45) is 5.92 Å². The molecule has 0 aromatic heterocycles. The number of aliphatic hydroxyl groups is 1. The van der Waals surface area contributed by atoms with Gasteiger partial charge < -0.3 is 15.7 Å². The maximum atomic E-state index is 11.9. The van der Waals surface area contributed by atoms with Crippen LogP contribution in [0.2, 0.25) is 0 Å². The van der Waals surface area contributed by atoms with Crippen molar-refractivity contribution < 1.29 is 14.7 Å². The lowest BCUT2D eigenvalue weighted by Crippen LogP contribution is -2.42. The van der Waals surface area contributed by atoms with Crippen molar-refractivity contribution in [1.82, 2.24) is 5.32 Å². The van der Waals surface area contributed by atoms with Crippen molar-refractivity contribution in [3.05, 3.63) is 29.8 Å². The molecule has 0 fully saturated rings. The SMILES string of the molecule is CC(=O)c1cccc(NC(=O)NCC(C)(O)CCC(C)C)c1. The molecule has 1 atom stereocenters. The Morgan fingerprint density at radius 1 is 1.32 bits per heavy atom. The second kappa shape index (κ2) is 7.94. The summed E-state index contributed by atoms with van der Waals surface area (Å²) < 4.78 is 0. The molecule has 0 aliphatic heterocycles. The zero-order valence-electron chi connectivity index (χ0n) is 13.8. The highest BCUT2D eigenvalue weighted by atomic mass is 16.3. The lowest BCUT2D eigenvalue weighted by Gasteiger charge is -2.24. The largest absolute Gasteiger partial charge is 0.388 e. The first kappa shape index (κ1) is 18.2. The summed E-state index contributed by atoms with van der Waals surface area (Å²) in [5.74, 6) is 0.454. The van der Waals surface area contributed by atoms with E-state index in [9.17, 15) is 14.7 Å². The van der Waals surface area contributed by atoms with E-state index in [4.69, 9.17) is 0 Å². The van der Waals surface area contributed by atoms with Gasteiger partial charge in [0.2, 0.25) is 0 Å². The first-order chi connectivity index (χ1) is 10.2. The van der Waals surface area contributed by atoms with Gasteiger partial charge in [-0.25, -0.2) is 4.79 Å². The van der Waals surface area contributed by atoms with E-state index in [0.29, 0.717) is 23.6 Å². The van der Waals surface area contributed by atoms with Gasteiger partial charge in [-0.3, -0.25) is 4.79 Å². The number of hydrogen-bond acceptors (Lipinski definition) is 3. The summed E-state index contributed by atoms with van der Waals surface area (Å²) in [5.41, 5.74) is 0.164. The maximum Gasteiger partial charge on any atom is 0.319 e. The summed E-state index contributed by atoms with van der Waals surface area (Å²) in [5, 5.41) is 15.5. The summed E-state index contributed by atoms with van der Waals surface area (Å²) in [6.45, 7) is 7.56. The molecule has 0 radical (unpaired) electrons. The van der Waals surface area contributed by atoms with Gasteiger partial charge in [0, 0.05) is 17.8 Å². The maximum absolute atomic E-state index is 11.9. The average molecular weight is 306 g/mol. The molecule has 0 aliphatic rings. The fourth-order valence-corrected chi connectivity index (χ4v) is 1.95. The number of ketones is 1. The molecule has 22 heavy (non-hydrogen) atoms. The van der Waals surface area contributed by atoms with Gasteiger partial charge in [-0.15, -0.1) is 0 Å². The van der Waals surface area contributed by atoms with Crippen LogP contribution in [0.4, 0.5) is 10.5 Å². The molecule has 1 rings (SSSR count). The Bertz CT molecular complexity index is 524. The van der Waals surface area contributed by atoms with Gasteiger partial charge in [0.1, 0.15) is 0 Å². The highest BCUT2D eigenvalue weighted by Gasteiger charge is 2.21. The highest BCUT2D eigenvalue weighted by molar-refractivity contribution is 5.96. The average Bonchev–Trinajstić information content (AvgIpc) is 2.44. The summed E-state index contributed by atoms with van der Waals surface area (Å²) >= 11 is 0. The molecule has 0 spiro atoms. The van der Waals surface area contributed by atoms with Gasteiger partial charge in [-0.2, -0.15) is 0 Å². The Hall–Kier alpha value is -1.88. The predicted molar refractivity (Wildman–Crippen MR) is 88.2 cm³/mol. The van der Waals surface area contributed by atoms with Crippen LogP contribution in [0.1, 0.15) is 50.9 Å². The van der Waals surface area contributed by atoms with Gasteiger partial charge in [0.05, 0.1) is 5.60 Å². The number of carbonyl (C=O) groups is 2. The zero-order valence-corrected chi connectivity index (χ0v) is 13.8. The van der Waals surface area contributed by atoms with E-state index in [2.05, 4.69) is 24.5 Å². The Kier molecular flexibility index (Phi) is 6.56. The van der Waals surface area contributed by atoms with Gasteiger partial charge in [-0.05, 0) is 44.7 Å². The van der Waals surface area contributed by atoms with E-state index in [-0.39, 0.29) is 12.3 Å². The molecule has 3 N–H and O–H groups in total. The monoisotopic (exact) mass is 306 g/mol. The first-order valence-electron chi connectivity index (χ1n) is 7.58. The number of nitrogens with one attached hydrogen (secondary N) is 2. The molecule has 0 aliphatic carbocycles. The molecule has 5 nitrogen and oxygen atoms in total. The first-order valence-corrected chi connectivity index (χ1v) is 7.58. The van der Waals surface area contributed by atoms with Gasteiger partial charge >= 0.3 is 6.03 Å². The summed E-state index contributed by atoms with van der Waals surface area (Å²) in [7, 11) is 0. The van der Waals surface area contributed by atoms with Crippen molar-refractivity contribution in [3.63, 3.8) is 0 Å². The van der Waals surface area contributed by atoms with Crippen LogP contribution in [-0.2, 0) is 0 Å². The Balaban J connectivity index is 2.49. The van der Waals surface area contributed by atoms with Crippen LogP contribution in [0, 0.1) is 5.92 Å². The van der Waals surface area contributed by atoms with Crippen molar-refractivity contribution >= 4 is 17.5 Å². The number of amides is 2. The molecule has 0 bridgehead atoms. The zero-order chi connectivity index (χ0) is 16.8. The van der Waals surface area contributed by atoms with E-state index in [1.165, 1.54) is 6.92 Å². The smallest absolute Gasteiger partial charge is 0.319 e. The molecular weight excluding hydrogens is 280 g/mol. The summed E-state index contributed by atoms with van der Waals surface area (Å²) in [6.07, 6.45) is 1.53. The van der Waals surface area contributed by atoms with Gasteiger partial charge in [0.15, 0.2) is 5.78 Å². The Morgan fingerprint density at radius 2 is 2.00 bits per heavy atom. The van der Waals surface area contributed by atoms with E-state index in [1.54, 1.807) is 31.2 Å². The summed E-state index contributed by atoms with van der Waals surface area (Å²) in [4.78, 5) is 23.2. The molecule has 0 heterocycles. The lowest BCUT2D eigenvalue weighted by molar-refractivity contribution is 0.0481. The van der Waals surface area contributed by atoms with Crippen LogP contribution >= 0.6 is 0 Å². The normalized spacial score (nSPS) is 13.5. The van der Waals surface area contributed by atoms with E-state index < -0.39 is 11.6 Å². The minimum atomic E-state index is -0.928. The number of anilines is 1. The lowest BCUT2D eigenvalue weighted by atomic mass is 9.95. The fourth-order valence-electron chi connectivity index (χ4n) is 1.95. The van der Waals surface area contributed by atoms with Crippen molar-refractivity contribution in [3.8, 4) is 0 Å². The topological polar surface area (TPSA) is 78.4 Å². The van der Waals surface area contributed by atoms with Gasteiger partial charge in [-0.1, -0.05) is 26.0 Å². The highest BCUT2D eigenvalue weighted by Crippen LogP contribution is 2.16. The molecule has 122 valence electrons. The van der Waals surface area contributed by atoms with Crippen LogP contribution in [0.3, 0.4) is 0 Å². The summed E-state index contributed by atoms with van der Waals surface area (Å²) in [6, 6.07) is 6.35. The number of urea groups is 1. The molecule has 1 aromatic carbocycles. The molecule has 0 saturated heterocycles.